The summed E-state index contributed by atoms with van der Waals surface area (Å²) in [6, 6.07) is 5.60. The van der Waals surface area contributed by atoms with Crippen molar-refractivity contribution in [1.82, 2.24) is 14.6 Å². The Hall–Kier alpha value is -2.00. The summed E-state index contributed by atoms with van der Waals surface area (Å²) in [5, 5.41) is 5.04. The number of para-hydroxylation sites is 1. The van der Waals surface area contributed by atoms with Crippen LogP contribution in [0.5, 0.6) is 0 Å². The summed E-state index contributed by atoms with van der Waals surface area (Å²) in [5.41, 5.74) is 0.212. The summed E-state index contributed by atoms with van der Waals surface area (Å²) >= 11 is 1.34. The Morgan fingerprint density at radius 2 is 2.00 bits per heavy atom. The predicted octanol–water partition coefficient (Wildman–Crippen LogP) is 3.16. The Bertz CT molecular complexity index is 976. The monoisotopic (exact) mass is 354 g/mol. The summed E-state index contributed by atoms with van der Waals surface area (Å²) in [7, 11) is -4.01. The molecular weight excluding hydrogens is 339 g/mol. The number of benzene rings is 1. The smallest absolute Gasteiger partial charge is 0.275 e. The van der Waals surface area contributed by atoms with Gasteiger partial charge in [-0.3, -0.25) is 4.72 Å². The van der Waals surface area contributed by atoms with Crippen molar-refractivity contribution in [2.24, 2.45) is 0 Å². The molecule has 0 bridgehead atoms. The number of aryl methyl sites for hydroxylation is 1. The zero-order valence-electron chi connectivity index (χ0n) is 12.7. The van der Waals surface area contributed by atoms with E-state index >= 15 is 0 Å². The third-order valence-electron chi connectivity index (χ3n) is 3.21. The van der Waals surface area contributed by atoms with E-state index in [0.29, 0.717) is 10.7 Å². The zero-order valence-corrected chi connectivity index (χ0v) is 14.4. The topological polar surface area (TPSA) is 76.4 Å². The average molecular weight is 354 g/mol. The van der Waals surface area contributed by atoms with E-state index in [1.54, 1.807) is 13.0 Å². The number of rotatable bonds is 4. The molecule has 0 saturated heterocycles. The lowest BCUT2D eigenvalue weighted by Gasteiger charge is -2.08. The summed E-state index contributed by atoms with van der Waals surface area (Å²) in [4.78, 5) is 4.75. The molecule has 0 fully saturated rings. The fourth-order valence-corrected chi connectivity index (χ4v) is 4.47. The van der Waals surface area contributed by atoms with Crippen LogP contribution >= 0.6 is 11.3 Å². The van der Waals surface area contributed by atoms with E-state index < -0.39 is 15.8 Å². The van der Waals surface area contributed by atoms with Crippen molar-refractivity contribution in [1.29, 1.82) is 0 Å². The maximum atomic E-state index is 13.7. The van der Waals surface area contributed by atoms with Crippen molar-refractivity contribution in [3.8, 4) is 0 Å². The largest absolute Gasteiger partial charge is 0.281 e. The average Bonchev–Trinajstić information content (AvgIpc) is 2.97. The molecule has 0 unspecified atom stereocenters. The van der Waals surface area contributed by atoms with Crippen LogP contribution in [0.15, 0.2) is 29.3 Å². The number of nitrogens with one attached hydrogen (secondary N) is 1. The molecule has 23 heavy (non-hydrogen) atoms. The number of hydrogen-bond donors (Lipinski definition) is 1. The number of fused-ring (bicyclic) bond motifs is 1. The van der Waals surface area contributed by atoms with Crippen LogP contribution in [0.2, 0.25) is 0 Å². The number of nitrogens with zero attached hydrogens (tertiary/aromatic N) is 3. The fourth-order valence-electron chi connectivity index (χ4n) is 2.12. The molecule has 9 heteroatoms. The first-order valence-corrected chi connectivity index (χ1v) is 9.23. The van der Waals surface area contributed by atoms with Gasteiger partial charge < -0.3 is 0 Å². The minimum atomic E-state index is -4.01. The van der Waals surface area contributed by atoms with Crippen molar-refractivity contribution in [2.75, 3.05) is 4.72 Å². The van der Waals surface area contributed by atoms with Gasteiger partial charge in [-0.1, -0.05) is 37.3 Å². The van der Waals surface area contributed by atoms with Gasteiger partial charge in [0.2, 0.25) is 9.99 Å². The summed E-state index contributed by atoms with van der Waals surface area (Å²) in [6.07, 6.45) is 0. The van der Waals surface area contributed by atoms with Crippen LogP contribution in [0.3, 0.4) is 0 Å². The molecule has 1 N–H and O–H groups in total. The molecule has 1 aromatic carbocycles. The van der Waals surface area contributed by atoms with E-state index in [0.717, 1.165) is 5.01 Å². The number of hydrogen-bond acceptors (Lipinski definition) is 5. The van der Waals surface area contributed by atoms with Gasteiger partial charge in [0.15, 0.2) is 0 Å². The molecular formula is C14H15FN4O2S2. The molecule has 0 saturated carbocycles. The molecule has 0 atom stereocenters. The number of aromatic nitrogens is 3. The van der Waals surface area contributed by atoms with Gasteiger partial charge in [-0.15, -0.1) is 0 Å². The Balaban J connectivity index is 2.11. The first kappa shape index (κ1) is 15.9. The lowest BCUT2D eigenvalue weighted by Crippen LogP contribution is -2.17. The highest BCUT2D eigenvalue weighted by Gasteiger charge is 2.27. The number of imidazole rings is 1. The van der Waals surface area contributed by atoms with Crippen LogP contribution in [0.25, 0.3) is 4.96 Å². The fraction of sp³-hybridized carbons (Fsp3) is 0.286. The molecule has 0 aliphatic rings. The highest BCUT2D eigenvalue weighted by atomic mass is 32.2. The van der Waals surface area contributed by atoms with Gasteiger partial charge in [0.05, 0.1) is 11.4 Å². The second-order valence-corrected chi connectivity index (χ2v) is 7.96. The van der Waals surface area contributed by atoms with Crippen molar-refractivity contribution in [3.05, 3.63) is 40.8 Å². The molecule has 0 amide bonds. The third kappa shape index (κ3) is 2.81. The maximum Gasteiger partial charge on any atom is 0.281 e. The Labute approximate surface area is 137 Å². The molecule has 0 aliphatic carbocycles. The van der Waals surface area contributed by atoms with Crippen LogP contribution in [0.4, 0.5) is 10.1 Å². The molecule has 0 radical (unpaired) electrons. The van der Waals surface area contributed by atoms with Gasteiger partial charge in [-0.05, 0) is 19.1 Å². The van der Waals surface area contributed by atoms with E-state index in [2.05, 4.69) is 14.8 Å². The molecule has 3 aromatic rings. The van der Waals surface area contributed by atoms with Crippen LogP contribution in [-0.4, -0.2) is 23.0 Å². The van der Waals surface area contributed by atoms with Crippen molar-refractivity contribution in [3.63, 3.8) is 0 Å². The van der Waals surface area contributed by atoms with Crippen molar-refractivity contribution >= 4 is 32.0 Å². The van der Waals surface area contributed by atoms with Crippen LogP contribution in [0, 0.1) is 12.7 Å². The quantitative estimate of drug-likeness (QED) is 0.781. The van der Waals surface area contributed by atoms with Gasteiger partial charge in [-0.2, -0.15) is 18.0 Å². The number of sulfonamides is 1. The Morgan fingerprint density at radius 3 is 2.65 bits per heavy atom. The minimum Gasteiger partial charge on any atom is -0.275 e. The van der Waals surface area contributed by atoms with Crippen LogP contribution in [-0.2, 0) is 10.0 Å². The molecule has 2 heterocycles. The normalized spacial score (nSPS) is 12.2. The Kier molecular flexibility index (Phi) is 3.85. The van der Waals surface area contributed by atoms with E-state index in [4.69, 9.17) is 0 Å². The number of halogens is 1. The second-order valence-electron chi connectivity index (χ2n) is 5.38. The molecule has 122 valence electrons. The lowest BCUT2D eigenvalue weighted by molar-refractivity contribution is 0.589. The highest BCUT2D eigenvalue weighted by Crippen LogP contribution is 2.27. The molecule has 2 aromatic heterocycles. The second kappa shape index (κ2) is 5.57. The molecule has 0 spiro atoms. The van der Waals surface area contributed by atoms with Gasteiger partial charge in [0, 0.05) is 5.92 Å². The number of anilines is 1. The highest BCUT2D eigenvalue weighted by molar-refractivity contribution is 7.92. The zero-order chi connectivity index (χ0) is 16.8. The van der Waals surface area contributed by atoms with E-state index in [-0.39, 0.29) is 16.6 Å². The van der Waals surface area contributed by atoms with E-state index in [9.17, 15) is 12.8 Å². The van der Waals surface area contributed by atoms with Crippen LogP contribution < -0.4 is 4.72 Å². The molecule has 6 nitrogen and oxygen atoms in total. The van der Waals surface area contributed by atoms with E-state index in [1.807, 2.05) is 13.8 Å². The van der Waals surface area contributed by atoms with Gasteiger partial charge in [0.1, 0.15) is 10.8 Å². The van der Waals surface area contributed by atoms with Crippen molar-refractivity contribution in [2.45, 2.75) is 31.7 Å². The van der Waals surface area contributed by atoms with Crippen molar-refractivity contribution < 1.29 is 12.8 Å². The van der Waals surface area contributed by atoms with E-state index in [1.165, 1.54) is 34.1 Å². The standard InChI is InChI=1S/C14H15FN4O2S2/c1-8(2)12-17-19-13(9(3)16-14(19)22-12)23(20,21)18-11-7-5-4-6-10(11)15/h4-8,18H,1-3H3. The van der Waals surface area contributed by atoms with Gasteiger partial charge in [-0.25, -0.2) is 9.37 Å². The third-order valence-corrected chi connectivity index (χ3v) is 5.88. The molecule has 0 aliphatic heterocycles. The first-order chi connectivity index (χ1) is 10.8. The summed E-state index contributed by atoms with van der Waals surface area (Å²) < 4.78 is 42.6. The summed E-state index contributed by atoms with van der Waals surface area (Å²) in [6.45, 7) is 5.53. The van der Waals surface area contributed by atoms with Gasteiger partial charge >= 0.3 is 0 Å². The van der Waals surface area contributed by atoms with Crippen LogP contribution in [0.1, 0.15) is 30.5 Å². The lowest BCUT2D eigenvalue weighted by atomic mass is 10.2. The van der Waals surface area contributed by atoms with Gasteiger partial charge in [0.25, 0.3) is 10.0 Å². The first-order valence-electron chi connectivity index (χ1n) is 6.93. The maximum absolute atomic E-state index is 13.7. The predicted molar refractivity (Wildman–Crippen MR) is 86.9 cm³/mol. The Morgan fingerprint density at radius 1 is 1.30 bits per heavy atom. The molecule has 3 rings (SSSR count). The minimum absolute atomic E-state index is 0.0705. The SMILES string of the molecule is Cc1nc2sc(C(C)C)nn2c1S(=O)(=O)Nc1ccccc1F. The summed E-state index contributed by atoms with van der Waals surface area (Å²) in [5.74, 6) is -0.479.